The normalized spacial score (nSPS) is 13.5. The number of anilines is 1. The molecule has 1 aromatic carbocycles. The van der Waals surface area contributed by atoms with E-state index in [-0.39, 0.29) is 11.8 Å². The number of aromatic amines is 2. The summed E-state index contributed by atoms with van der Waals surface area (Å²) < 4.78 is 20.5. The van der Waals surface area contributed by atoms with E-state index >= 15 is 0 Å². The van der Waals surface area contributed by atoms with Crippen molar-refractivity contribution < 1.29 is 13.9 Å². The summed E-state index contributed by atoms with van der Waals surface area (Å²) in [6, 6.07) is 10.3. The van der Waals surface area contributed by atoms with Gasteiger partial charge in [-0.05, 0) is 62.8 Å². The molecule has 1 aliphatic rings. The quantitative estimate of drug-likeness (QED) is 0.202. The van der Waals surface area contributed by atoms with Crippen LogP contribution in [0.4, 0.5) is 10.1 Å². The van der Waals surface area contributed by atoms with Crippen molar-refractivity contribution in [1.29, 1.82) is 0 Å². The molecule has 7 rings (SSSR count). The van der Waals surface area contributed by atoms with Gasteiger partial charge < -0.3 is 19.9 Å². The number of hydrogen-bond acceptors (Lipinski definition) is 8. The van der Waals surface area contributed by atoms with E-state index in [1.54, 1.807) is 24.8 Å². The molecule has 0 spiro atoms. The van der Waals surface area contributed by atoms with E-state index in [1.807, 2.05) is 43.3 Å². The first kappa shape index (κ1) is 27.6. The number of hydrogen-bond donors (Lipinski definition) is 3. The molecule has 5 heterocycles. The fourth-order valence-electron chi connectivity index (χ4n) is 5.24. The number of amides is 1. The maximum atomic E-state index is 14.6. The number of likely N-dealkylation sites (N-methyl/N-ethyl adjacent to an activating group) is 1. The number of imidazole rings is 1. The molecule has 1 fully saturated rings. The van der Waals surface area contributed by atoms with Crippen LogP contribution in [0.25, 0.3) is 56.0 Å². The molecule has 1 aliphatic carbocycles. The summed E-state index contributed by atoms with van der Waals surface area (Å²) in [6.07, 6.45) is 9.70. The monoisotopic (exact) mass is 591 g/mol. The Bertz CT molecular complexity index is 2000. The van der Waals surface area contributed by atoms with Crippen molar-refractivity contribution in [1.82, 2.24) is 40.0 Å². The number of nitrogens with one attached hydrogen (secondary N) is 3. The minimum absolute atomic E-state index is 0.0325. The predicted octanol–water partition coefficient (Wildman–Crippen LogP) is 5.44. The van der Waals surface area contributed by atoms with Crippen LogP contribution < -0.4 is 10.1 Å². The van der Waals surface area contributed by atoms with Crippen molar-refractivity contribution in [3.05, 3.63) is 67.0 Å². The van der Waals surface area contributed by atoms with E-state index in [1.165, 1.54) is 12.1 Å². The fraction of sp³-hybridized carbons (Fsp3) is 0.250. The number of pyridine rings is 3. The Hall–Kier alpha value is -5.23. The van der Waals surface area contributed by atoms with Gasteiger partial charge in [0.1, 0.15) is 23.9 Å². The zero-order valence-corrected chi connectivity index (χ0v) is 24.3. The van der Waals surface area contributed by atoms with E-state index in [4.69, 9.17) is 9.72 Å². The van der Waals surface area contributed by atoms with Crippen LogP contribution in [-0.2, 0) is 4.79 Å². The van der Waals surface area contributed by atoms with Gasteiger partial charge in [0.2, 0.25) is 5.91 Å². The summed E-state index contributed by atoms with van der Waals surface area (Å²) in [5.41, 5.74) is 5.91. The number of fused-ring (bicyclic) bond motifs is 2. The van der Waals surface area contributed by atoms with E-state index in [9.17, 15) is 9.18 Å². The molecule has 0 atom stereocenters. The summed E-state index contributed by atoms with van der Waals surface area (Å²) in [5, 5.41) is 11.2. The molecular weight excluding hydrogens is 561 g/mol. The van der Waals surface area contributed by atoms with Gasteiger partial charge in [0, 0.05) is 53.8 Å². The summed E-state index contributed by atoms with van der Waals surface area (Å²) in [7, 11) is 3.91. The molecule has 222 valence electrons. The third-order valence-electron chi connectivity index (χ3n) is 7.84. The zero-order chi connectivity index (χ0) is 30.2. The molecule has 44 heavy (non-hydrogen) atoms. The SMILES string of the molecule is CN(C)CCOc1cc(F)cc(-c2ccnc3nc(-c4[nH]nc5ncc(-c6cncc(NC(=O)C7CCC7)c6)cc45)[nH]c23)c1. The second-order valence-electron chi connectivity index (χ2n) is 11.2. The van der Waals surface area contributed by atoms with E-state index in [0.29, 0.717) is 58.5 Å². The molecule has 0 unspecified atom stereocenters. The smallest absolute Gasteiger partial charge is 0.227 e. The second-order valence-corrected chi connectivity index (χ2v) is 11.2. The average molecular weight is 592 g/mol. The first-order valence-corrected chi connectivity index (χ1v) is 14.5. The van der Waals surface area contributed by atoms with Crippen molar-refractivity contribution in [3.63, 3.8) is 0 Å². The Balaban J connectivity index is 1.21. The molecular formula is C32H30FN9O2. The Morgan fingerprint density at radius 3 is 2.73 bits per heavy atom. The third-order valence-corrected chi connectivity index (χ3v) is 7.84. The van der Waals surface area contributed by atoms with Crippen molar-refractivity contribution in [3.8, 4) is 39.5 Å². The number of rotatable bonds is 9. The molecule has 6 aromatic rings. The Morgan fingerprint density at radius 1 is 1.05 bits per heavy atom. The number of ether oxygens (including phenoxy) is 1. The largest absolute Gasteiger partial charge is 0.492 e. The van der Waals surface area contributed by atoms with Crippen LogP contribution in [0.3, 0.4) is 0 Å². The highest BCUT2D eigenvalue weighted by Gasteiger charge is 2.25. The lowest BCUT2D eigenvalue weighted by Gasteiger charge is -2.24. The van der Waals surface area contributed by atoms with Crippen molar-refractivity contribution in [2.45, 2.75) is 19.3 Å². The van der Waals surface area contributed by atoms with Gasteiger partial charge in [0.25, 0.3) is 0 Å². The van der Waals surface area contributed by atoms with E-state index in [2.05, 4.69) is 35.5 Å². The Labute approximate surface area is 251 Å². The lowest BCUT2D eigenvalue weighted by Crippen LogP contribution is -2.28. The molecule has 12 heteroatoms. The average Bonchev–Trinajstić information content (AvgIpc) is 3.59. The zero-order valence-electron chi connectivity index (χ0n) is 24.3. The molecule has 0 bridgehead atoms. The van der Waals surface area contributed by atoms with Gasteiger partial charge in [-0.25, -0.2) is 19.3 Å². The minimum Gasteiger partial charge on any atom is -0.492 e. The van der Waals surface area contributed by atoms with Crippen LogP contribution in [0.15, 0.2) is 61.2 Å². The van der Waals surface area contributed by atoms with Crippen LogP contribution in [0, 0.1) is 11.7 Å². The number of aromatic nitrogens is 7. The van der Waals surface area contributed by atoms with Crippen molar-refractivity contribution in [2.75, 3.05) is 32.6 Å². The maximum Gasteiger partial charge on any atom is 0.227 e. The van der Waals surface area contributed by atoms with Crippen molar-refractivity contribution >= 4 is 33.8 Å². The number of carbonyl (C=O) groups is 1. The van der Waals surface area contributed by atoms with Gasteiger partial charge in [0.05, 0.1) is 22.8 Å². The van der Waals surface area contributed by atoms with Crippen LogP contribution in [0.2, 0.25) is 0 Å². The lowest BCUT2D eigenvalue weighted by atomic mass is 9.85. The third kappa shape index (κ3) is 5.47. The van der Waals surface area contributed by atoms with Gasteiger partial charge in [-0.1, -0.05) is 6.42 Å². The number of H-pyrrole nitrogens is 2. The highest BCUT2D eigenvalue weighted by Crippen LogP contribution is 2.34. The standard InChI is InChI=1S/C32H30FN9O2/c1-42(2)8-9-44-24-12-19(10-22(33)14-24)25-6-7-35-30-27(25)38-31(39-30)28-26-13-21(16-36-29(26)41-40-28)20-11-23(17-34-15-20)37-32(43)18-4-3-5-18/h6-7,10-18H,3-5,8-9H2,1-2H3,(H,37,43)(H,35,38,39)(H,36,40,41). The second kappa shape index (κ2) is 11.5. The van der Waals surface area contributed by atoms with Gasteiger partial charge >= 0.3 is 0 Å². The van der Waals surface area contributed by atoms with Gasteiger partial charge in [-0.15, -0.1) is 0 Å². The maximum absolute atomic E-state index is 14.6. The number of benzene rings is 1. The van der Waals surface area contributed by atoms with E-state index in [0.717, 1.165) is 41.3 Å². The number of carbonyl (C=O) groups excluding carboxylic acids is 1. The predicted molar refractivity (Wildman–Crippen MR) is 165 cm³/mol. The van der Waals surface area contributed by atoms with Gasteiger partial charge in [-0.2, -0.15) is 5.10 Å². The van der Waals surface area contributed by atoms with Crippen LogP contribution in [0.1, 0.15) is 19.3 Å². The first-order chi connectivity index (χ1) is 21.4. The molecule has 11 nitrogen and oxygen atoms in total. The lowest BCUT2D eigenvalue weighted by molar-refractivity contribution is -0.122. The van der Waals surface area contributed by atoms with Crippen LogP contribution >= 0.6 is 0 Å². The minimum atomic E-state index is -0.397. The Kier molecular flexibility index (Phi) is 7.18. The summed E-state index contributed by atoms with van der Waals surface area (Å²) in [5.74, 6) is 0.676. The number of nitrogens with zero attached hydrogens (tertiary/aromatic N) is 6. The van der Waals surface area contributed by atoms with Crippen LogP contribution in [0.5, 0.6) is 5.75 Å². The molecule has 3 N–H and O–H groups in total. The molecule has 5 aromatic heterocycles. The molecule has 0 saturated heterocycles. The molecule has 0 radical (unpaired) electrons. The number of halogens is 1. The van der Waals surface area contributed by atoms with Gasteiger partial charge in [-0.3, -0.25) is 14.9 Å². The van der Waals surface area contributed by atoms with Gasteiger partial charge in [0.15, 0.2) is 17.1 Å². The fourth-order valence-corrected chi connectivity index (χ4v) is 5.24. The molecule has 1 saturated carbocycles. The summed E-state index contributed by atoms with van der Waals surface area (Å²) in [4.78, 5) is 35.9. The van der Waals surface area contributed by atoms with E-state index < -0.39 is 5.82 Å². The highest BCUT2D eigenvalue weighted by molar-refractivity contribution is 5.97. The topological polar surface area (TPSA) is 138 Å². The molecule has 1 amide bonds. The molecule has 0 aliphatic heterocycles. The summed E-state index contributed by atoms with van der Waals surface area (Å²) in [6.45, 7) is 1.15. The van der Waals surface area contributed by atoms with Crippen molar-refractivity contribution in [2.24, 2.45) is 5.92 Å². The Morgan fingerprint density at radius 2 is 1.91 bits per heavy atom. The first-order valence-electron chi connectivity index (χ1n) is 14.5. The summed E-state index contributed by atoms with van der Waals surface area (Å²) >= 11 is 0. The van der Waals surface area contributed by atoms with Crippen LogP contribution in [-0.4, -0.2) is 73.2 Å². The highest BCUT2D eigenvalue weighted by atomic mass is 19.1.